The molecule has 1 aliphatic heterocycles. The molecule has 0 spiro atoms. The Labute approximate surface area is 238 Å². The summed E-state index contributed by atoms with van der Waals surface area (Å²) in [6.45, 7) is 4.29. The number of amides is 1. The van der Waals surface area contributed by atoms with Crippen LogP contribution in [0.4, 0.5) is 0 Å². The first kappa shape index (κ1) is 27.4. The molecule has 2 heterocycles. The number of primary amides is 1. The van der Waals surface area contributed by atoms with Crippen LogP contribution in [-0.2, 0) is 4.79 Å². The molecule has 1 aromatic carbocycles. The van der Waals surface area contributed by atoms with Gasteiger partial charge in [0.1, 0.15) is 10.4 Å². The summed E-state index contributed by atoms with van der Waals surface area (Å²) >= 11 is 3.43. The SMILES string of the molecule is C/C=C(\C=NCCC(N)=O)C1NC=C(c2nc(-c3ccc(C4CC(C)(O)C4)cc3)c(C3=CC=CCC=C3)s2)S1. The number of aliphatic hydroxyl groups is 1. The van der Waals surface area contributed by atoms with Crippen LogP contribution >= 0.6 is 23.1 Å². The quantitative estimate of drug-likeness (QED) is 0.319. The van der Waals surface area contributed by atoms with Gasteiger partial charge < -0.3 is 16.2 Å². The fourth-order valence-corrected chi connectivity index (χ4v) is 7.24. The Bertz CT molecular complexity index is 1400. The van der Waals surface area contributed by atoms with Crippen LogP contribution in [0.2, 0.25) is 0 Å². The first-order valence-corrected chi connectivity index (χ1v) is 15.0. The van der Waals surface area contributed by atoms with Gasteiger partial charge in [0.15, 0.2) is 0 Å². The molecule has 202 valence electrons. The molecule has 5 rings (SSSR count). The monoisotopic (exact) mass is 558 g/mol. The molecule has 0 bridgehead atoms. The van der Waals surface area contributed by atoms with E-state index in [4.69, 9.17) is 10.7 Å². The zero-order valence-electron chi connectivity index (χ0n) is 22.3. The highest BCUT2D eigenvalue weighted by Crippen LogP contribution is 2.46. The zero-order chi connectivity index (χ0) is 27.4. The number of nitrogens with one attached hydrogen (secondary N) is 1. The Morgan fingerprint density at radius 2 is 2.08 bits per heavy atom. The topological polar surface area (TPSA) is 101 Å². The highest BCUT2D eigenvalue weighted by atomic mass is 32.2. The molecule has 2 aliphatic carbocycles. The van der Waals surface area contributed by atoms with E-state index in [9.17, 15) is 9.90 Å². The number of aliphatic imine (C=N–C) groups is 1. The van der Waals surface area contributed by atoms with Crippen LogP contribution in [-0.4, -0.2) is 39.7 Å². The second-order valence-electron chi connectivity index (χ2n) is 10.3. The van der Waals surface area contributed by atoms with Gasteiger partial charge in [0.25, 0.3) is 0 Å². The minimum atomic E-state index is -0.535. The van der Waals surface area contributed by atoms with E-state index < -0.39 is 5.60 Å². The molecule has 39 heavy (non-hydrogen) atoms. The summed E-state index contributed by atoms with van der Waals surface area (Å²) < 4.78 is 0. The Morgan fingerprint density at radius 1 is 1.28 bits per heavy atom. The molecule has 4 N–H and O–H groups in total. The molecule has 6 nitrogen and oxygen atoms in total. The van der Waals surface area contributed by atoms with Crippen molar-refractivity contribution in [2.24, 2.45) is 10.7 Å². The molecule has 3 aliphatic rings. The summed E-state index contributed by atoms with van der Waals surface area (Å²) in [6, 6.07) is 8.71. The van der Waals surface area contributed by atoms with Crippen LogP contribution in [0, 0.1) is 0 Å². The molecule has 1 fully saturated rings. The number of carbonyl (C=O) groups is 1. The van der Waals surface area contributed by atoms with Crippen LogP contribution in [0.5, 0.6) is 0 Å². The van der Waals surface area contributed by atoms with Gasteiger partial charge in [0.2, 0.25) is 5.91 Å². The summed E-state index contributed by atoms with van der Waals surface area (Å²) in [6.07, 6.45) is 19.5. The number of rotatable bonds is 9. The van der Waals surface area contributed by atoms with Crippen LogP contribution in [0.25, 0.3) is 21.7 Å². The Morgan fingerprint density at radius 3 is 2.79 bits per heavy atom. The van der Waals surface area contributed by atoms with Crippen molar-refractivity contribution in [3.63, 3.8) is 0 Å². The second-order valence-corrected chi connectivity index (χ2v) is 12.5. The number of nitrogens with two attached hydrogens (primary N) is 1. The van der Waals surface area contributed by atoms with Crippen LogP contribution in [0.1, 0.15) is 60.9 Å². The van der Waals surface area contributed by atoms with Gasteiger partial charge in [-0.2, -0.15) is 0 Å². The summed E-state index contributed by atoms with van der Waals surface area (Å²) in [5, 5.41) is 14.6. The normalized spacial score (nSPS) is 24.7. The number of hydrogen-bond donors (Lipinski definition) is 3. The summed E-state index contributed by atoms with van der Waals surface area (Å²) in [5.74, 6) is 0.0715. The lowest BCUT2D eigenvalue weighted by Gasteiger charge is -2.41. The Balaban J connectivity index is 1.39. The van der Waals surface area contributed by atoms with Crippen molar-refractivity contribution in [3.8, 4) is 11.3 Å². The average Bonchev–Trinajstić information content (AvgIpc) is 3.48. The van der Waals surface area contributed by atoms with E-state index in [0.717, 1.165) is 56.5 Å². The van der Waals surface area contributed by atoms with Crippen molar-refractivity contribution < 1.29 is 9.90 Å². The Kier molecular flexibility index (Phi) is 8.35. The van der Waals surface area contributed by atoms with Crippen molar-refractivity contribution in [1.82, 2.24) is 10.3 Å². The standard InChI is InChI=1S/C31H34N4O2S2/c1-3-20(18-33-15-14-26(32)36)29-34-19-25(38-29)30-35-27(28(39-30)23-8-6-4-5-7-9-23)22-12-10-21(11-13-22)24-16-31(2,37)17-24/h3-4,6-13,18-19,24,29,34,37H,5,14-17H2,1-2H3,(H2,32,36)/b20-3+,33-18?. The minimum Gasteiger partial charge on any atom is -0.390 e. The van der Waals surface area contributed by atoms with Gasteiger partial charge in [-0.1, -0.05) is 72.5 Å². The number of nitrogens with zero attached hydrogens (tertiary/aromatic N) is 2. The minimum absolute atomic E-state index is 0.0250. The maximum Gasteiger partial charge on any atom is 0.219 e. The molecule has 1 saturated carbocycles. The highest BCUT2D eigenvalue weighted by molar-refractivity contribution is 8.09. The molecule has 1 aromatic heterocycles. The van der Waals surface area contributed by atoms with Gasteiger partial charge in [-0.05, 0) is 55.7 Å². The van der Waals surface area contributed by atoms with Crippen molar-refractivity contribution in [2.75, 3.05) is 6.54 Å². The lowest BCUT2D eigenvalue weighted by atomic mass is 9.69. The van der Waals surface area contributed by atoms with Gasteiger partial charge >= 0.3 is 0 Å². The molecule has 1 amide bonds. The smallest absolute Gasteiger partial charge is 0.219 e. The van der Waals surface area contributed by atoms with Gasteiger partial charge in [0.05, 0.1) is 21.1 Å². The molecular weight excluding hydrogens is 525 g/mol. The van der Waals surface area contributed by atoms with E-state index in [1.807, 2.05) is 32.3 Å². The van der Waals surface area contributed by atoms with Gasteiger partial charge in [-0.3, -0.25) is 9.79 Å². The number of hydrogen-bond acceptors (Lipinski definition) is 7. The average molecular weight is 559 g/mol. The van der Waals surface area contributed by atoms with Crippen molar-refractivity contribution in [1.29, 1.82) is 0 Å². The first-order valence-electron chi connectivity index (χ1n) is 13.3. The fraction of sp³-hybridized carbons (Fsp3) is 0.323. The molecule has 1 atom stereocenters. The third-order valence-corrected chi connectivity index (χ3v) is 9.56. The molecule has 2 aromatic rings. The lowest BCUT2D eigenvalue weighted by molar-refractivity contribution is -0.117. The van der Waals surface area contributed by atoms with Gasteiger partial charge in [-0.15, -0.1) is 11.3 Å². The van der Waals surface area contributed by atoms with Crippen LogP contribution < -0.4 is 11.1 Å². The number of aromatic nitrogens is 1. The van der Waals surface area contributed by atoms with Gasteiger partial charge in [0, 0.05) is 30.9 Å². The fourth-order valence-electron chi connectivity index (χ4n) is 4.96. The largest absolute Gasteiger partial charge is 0.390 e. The van der Waals surface area contributed by atoms with Gasteiger partial charge in [-0.25, -0.2) is 4.98 Å². The molecule has 0 saturated heterocycles. The number of thiazole rings is 1. The van der Waals surface area contributed by atoms with E-state index >= 15 is 0 Å². The van der Waals surface area contributed by atoms with E-state index in [-0.39, 0.29) is 17.7 Å². The van der Waals surface area contributed by atoms with Crippen molar-refractivity contribution in [3.05, 3.63) is 87.9 Å². The number of carbonyl (C=O) groups excluding carboxylic acids is 1. The molecule has 1 unspecified atom stereocenters. The van der Waals surface area contributed by atoms with Crippen molar-refractivity contribution in [2.45, 2.75) is 56.4 Å². The summed E-state index contributed by atoms with van der Waals surface area (Å²) in [4.78, 5) is 22.8. The van der Waals surface area contributed by atoms with E-state index in [2.05, 4.69) is 65.0 Å². The summed E-state index contributed by atoms with van der Waals surface area (Å²) in [7, 11) is 0. The van der Waals surface area contributed by atoms with Crippen LogP contribution in [0.15, 0.2) is 77.5 Å². The maximum absolute atomic E-state index is 11.0. The molecular formula is C31H34N4O2S2. The summed E-state index contributed by atoms with van der Waals surface area (Å²) in [5.41, 5.74) is 10.2. The van der Waals surface area contributed by atoms with Crippen LogP contribution in [0.3, 0.4) is 0 Å². The van der Waals surface area contributed by atoms with E-state index in [1.165, 1.54) is 5.56 Å². The second kappa shape index (κ2) is 11.9. The zero-order valence-corrected chi connectivity index (χ0v) is 23.9. The highest BCUT2D eigenvalue weighted by Gasteiger charge is 2.39. The van der Waals surface area contributed by atoms with Crippen molar-refractivity contribution >= 4 is 45.7 Å². The first-order chi connectivity index (χ1) is 18.8. The predicted octanol–water partition coefficient (Wildman–Crippen LogP) is 6.19. The molecule has 8 heteroatoms. The number of allylic oxidation sites excluding steroid dienone is 7. The van der Waals surface area contributed by atoms with E-state index in [1.54, 1.807) is 23.1 Å². The lowest BCUT2D eigenvalue weighted by Crippen LogP contribution is -2.39. The maximum atomic E-state index is 11.0. The number of thioether (sulfide) groups is 1. The number of benzene rings is 1. The molecule has 0 radical (unpaired) electrons. The Hall–Kier alpha value is -3.20. The predicted molar refractivity (Wildman–Crippen MR) is 164 cm³/mol. The third-order valence-electron chi connectivity index (χ3n) is 7.08. The van der Waals surface area contributed by atoms with E-state index in [0.29, 0.717) is 12.5 Å². The third kappa shape index (κ3) is 6.52.